The van der Waals surface area contributed by atoms with Crippen molar-refractivity contribution in [2.24, 2.45) is 5.92 Å². The Labute approximate surface area is 81.0 Å². The Kier molecular flexibility index (Phi) is 2.16. The van der Waals surface area contributed by atoms with Gasteiger partial charge in [-0.25, -0.2) is 0 Å². The highest BCUT2D eigenvalue weighted by Crippen LogP contribution is 2.41. The molecule has 1 aliphatic carbocycles. The Hall–Kier alpha value is -0.0800. The summed E-state index contributed by atoms with van der Waals surface area (Å²) in [4.78, 5) is 0. The first-order valence-electron chi connectivity index (χ1n) is 5.43. The summed E-state index contributed by atoms with van der Waals surface area (Å²) in [6.07, 6.45) is 4.10. The highest BCUT2D eigenvalue weighted by atomic mass is 16.5. The second kappa shape index (κ2) is 2.96. The molecule has 1 N–H and O–H groups in total. The van der Waals surface area contributed by atoms with Crippen LogP contribution in [-0.2, 0) is 4.74 Å². The highest BCUT2D eigenvalue weighted by Gasteiger charge is 2.44. The standard InChI is InChI=1S/C11H21NO/c1-10(2)7-12-8-11(3,13-10)9-5-4-6-9/h9,12H,4-8H2,1-3H3. The molecule has 0 aromatic heterocycles. The van der Waals surface area contributed by atoms with E-state index < -0.39 is 0 Å². The molecule has 0 bridgehead atoms. The number of nitrogens with one attached hydrogen (secondary N) is 1. The van der Waals surface area contributed by atoms with Crippen molar-refractivity contribution < 1.29 is 4.74 Å². The molecule has 2 aliphatic rings. The summed E-state index contributed by atoms with van der Waals surface area (Å²) in [6.45, 7) is 8.63. The fourth-order valence-electron chi connectivity index (χ4n) is 2.56. The second-order valence-electron chi connectivity index (χ2n) is 5.41. The summed E-state index contributed by atoms with van der Waals surface area (Å²) < 4.78 is 6.20. The van der Waals surface area contributed by atoms with Crippen LogP contribution in [-0.4, -0.2) is 24.3 Å². The van der Waals surface area contributed by atoms with Gasteiger partial charge in [0.25, 0.3) is 0 Å². The fourth-order valence-corrected chi connectivity index (χ4v) is 2.56. The van der Waals surface area contributed by atoms with Gasteiger partial charge in [-0.05, 0) is 39.5 Å². The van der Waals surface area contributed by atoms with Crippen LogP contribution >= 0.6 is 0 Å². The Morgan fingerprint density at radius 1 is 1.15 bits per heavy atom. The summed E-state index contributed by atoms with van der Waals surface area (Å²) in [6, 6.07) is 0. The molecule has 1 saturated heterocycles. The third kappa shape index (κ3) is 1.75. The number of ether oxygens (including phenoxy) is 1. The monoisotopic (exact) mass is 183 g/mol. The molecule has 2 rings (SSSR count). The molecular formula is C11H21NO. The zero-order chi connectivity index (χ0) is 9.53. The average Bonchev–Trinajstić information content (AvgIpc) is 1.76. The lowest BCUT2D eigenvalue weighted by Gasteiger charge is -2.50. The molecule has 1 aliphatic heterocycles. The first-order chi connectivity index (χ1) is 6.02. The molecular weight excluding hydrogens is 162 g/mol. The van der Waals surface area contributed by atoms with Crippen LogP contribution in [0.3, 0.4) is 0 Å². The summed E-state index contributed by atoms with van der Waals surface area (Å²) in [5, 5.41) is 3.49. The van der Waals surface area contributed by atoms with Crippen LogP contribution in [0.2, 0.25) is 0 Å². The SMILES string of the molecule is CC1(C)CNCC(C)(C2CCC2)O1. The van der Waals surface area contributed by atoms with E-state index in [1.807, 2.05) is 0 Å². The van der Waals surface area contributed by atoms with Crippen molar-refractivity contribution in [3.8, 4) is 0 Å². The van der Waals surface area contributed by atoms with E-state index in [-0.39, 0.29) is 11.2 Å². The van der Waals surface area contributed by atoms with Crippen molar-refractivity contribution in [3.63, 3.8) is 0 Å². The molecule has 13 heavy (non-hydrogen) atoms. The van der Waals surface area contributed by atoms with Crippen LogP contribution in [0.25, 0.3) is 0 Å². The number of hydrogen-bond donors (Lipinski definition) is 1. The van der Waals surface area contributed by atoms with Gasteiger partial charge in [0, 0.05) is 13.1 Å². The van der Waals surface area contributed by atoms with Gasteiger partial charge in [-0.1, -0.05) is 6.42 Å². The predicted molar refractivity (Wildman–Crippen MR) is 53.8 cm³/mol. The minimum atomic E-state index is 0.0165. The van der Waals surface area contributed by atoms with Crippen molar-refractivity contribution in [2.75, 3.05) is 13.1 Å². The molecule has 0 spiro atoms. The van der Waals surface area contributed by atoms with Gasteiger partial charge in [0.05, 0.1) is 11.2 Å². The lowest BCUT2D eigenvalue weighted by molar-refractivity contribution is -0.190. The van der Waals surface area contributed by atoms with Crippen LogP contribution < -0.4 is 5.32 Å². The van der Waals surface area contributed by atoms with Crippen molar-refractivity contribution in [2.45, 2.75) is 51.2 Å². The van der Waals surface area contributed by atoms with E-state index in [4.69, 9.17) is 4.74 Å². The van der Waals surface area contributed by atoms with Crippen LogP contribution in [0.15, 0.2) is 0 Å². The minimum absolute atomic E-state index is 0.0165. The molecule has 2 fully saturated rings. The van der Waals surface area contributed by atoms with Crippen LogP contribution in [0.1, 0.15) is 40.0 Å². The van der Waals surface area contributed by atoms with Crippen molar-refractivity contribution in [1.29, 1.82) is 0 Å². The Morgan fingerprint density at radius 3 is 2.31 bits per heavy atom. The van der Waals surface area contributed by atoms with Gasteiger partial charge in [-0.3, -0.25) is 0 Å². The van der Waals surface area contributed by atoms with E-state index in [0.717, 1.165) is 19.0 Å². The molecule has 2 nitrogen and oxygen atoms in total. The number of morpholine rings is 1. The Balaban J connectivity index is 2.04. The van der Waals surface area contributed by atoms with Gasteiger partial charge >= 0.3 is 0 Å². The summed E-state index contributed by atoms with van der Waals surface area (Å²) in [7, 11) is 0. The van der Waals surface area contributed by atoms with Gasteiger partial charge in [-0.2, -0.15) is 0 Å². The van der Waals surface area contributed by atoms with Crippen LogP contribution in [0, 0.1) is 5.92 Å². The largest absolute Gasteiger partial charge is 0.366 e. The van der Waals surface area contributed by atoms with Gasteiger partial charge in [-0.15, -0.1) is 0 Å². The molecule has 0 amide bonds. The van der Waals surface area contributed by atoms with Crippen molar-refractivity contribution in [1.82, 2.24) is 5.32 Å². The van der Waals surface area contributed by atoms with Crippen LogP contribution in [0.5, 0.6) is 0 Å². The third-order valence-electron chi connectivity index (χ3n) is 3.50. The smallest absolute Gasteiger partial charge is 0.0814 e. The summed E-state index contributed by atoms with van der Waals surface area (Å²) in [5.74, 6) is 0.791. The third-order valence-corrected chi connectivity index (χ3v) is 3.50. The fraction of sp³-hybridized carbons (Fsp3) is 1.00. The van der Waals surface area contributed by atoms with Crippen molar-refractivity contribution in [3.05, 3.63) is 0 Å². The lowest BCUT2D eigenvalue weighted by atomic mass is 9.72. The van der Waals surface area contributed by atoms with Gasteiger partial charge in [0.15, 0.2) is 0 Å². The van der Waals surface area contributed by atoms with E-state index in [1.54, 1.807) is 0 Å². The van der Waals surface area contributed by atoms with E-state index in [0.29, 0.717) is 0 Å². The molecule has 0 aromatic rings. The van der Waals surface area contributed by atoms with Gasteiger partial charge in [0.1, 0.15) is 0 Å². The second-order valence-corrected chi connectivity index (χ2v) is 5.41. The molecule has 76 valence electrons. The Morgan fingerprint density at radius 2 is 1.85 bits per heavy atom. The molecule has 1 atom stereocenters. The normalized spacial score (nSPS) is 39.9. The zero-order valence-electron chi connectivity index (χ0n) is 9.02. The topological polar surface area (TPSA) is 21.3 Å². The maximum Gasteiger partial charge on any atom is 0.0814 e. The number of hydrogen-bond acceptors (Lipinski definition) is 2. The maximum atomic E-state index is 6.20. The lowest BCUT2D eigenvalue weighted by Crippen LogP contribution is -2.60. The summed E-state index contributed by atoms with van der Waals surface area (Å²) in [5.41, 5.74) is 0.114. The molecule has 0 aromatic carbocycles. The van der Waals surface area contributed by atoms with E-state index in [1.165, 1.54) is 19.3 Å². The molecule has 1 unspecified atom stereocenters. The first-order valence-corrected chi connectivity index (χ1v) is 5.43. The van der Waals surface area contributed by atoms with Crippen LogP contribution in [0.4, 0.5) is 0 Å². The van der Waals surface area contributed by atoms with Gasteiger partial charge in [0.2, 0.25) is 0 Å². The number of rotatable bonds is 1. The van der Waals surface area contributed by atoms with Gasteiger partial charge < -0.3 is 10.1 Å². The molecule has 2 heteroatoms. The zero-order valence-corrected chi connectivity index (χ0v) is 9.02. The highest BCUT2D eigenvalue weighted by molar-refractivity contribution is 4.96. The average molecular weight is 183 g/mol. The Bertz CT molecular complexity index is 198. The maximum absolute atomic E-state index is 6.20. The minimum Gasteiger partial charge on any atom is -0.366 e. The summed E-state index contributed by atoms with van der Waals surface area (Å²) >= 11 is 0. The molecule has 0 radical (unpaired) electrons. The molecule has 1 heterocycles. The van der Waals surface area contributed by atoms with Crippen molar-refractivity contribution >= 4 is 0 Å². The van der Waals surface area contributed by atoms with E-state index >= 15 is 0 Å². The molecule has 1 saturated carbocycles. The quantitative estimate of drug-likeness (QED) is 0.671. The predicted octanol–water partition coefficient (Wildman–Crippen LogP) is 1.94. The van der Waals surface area contributed by atoms with E-state index in [9.17, 15) is 0 Å². The van der Waals surface area contributed by atoms with E-state index in [2.05, 4.69) is 26.1 Å². The first kappa shape index (κ1) is 9.47.